The molecule has 0 N–H and O–H groups in total. The summed E-state index contributed by atoms with van der Waals surface area (Å²) in [7, 11) is 0. The largest absolute Gasteiger partial charge is 0.462 e. The summed E-state index contributed by atoms with van der Waals surface area (Å²) in [5.41, 5.74) is 0.976. The lowest BCUT2D eigenvalue weighted by Crippen LogP contribution is -2.16. The van der Waals surface area contributed by atoms with Crippen molar-refractivity contribution in [3.05, 3.63) is 34.9 Å². The lowest BCUT2D eigenvalue weighted by atomic mass is 9.97. The van der Waals surface area contributed by atoms with E-state index in [1.54, 1.807) is 26.0 Å². The minimum Gasteiger partial charge on any atom is -0.462 e. The molecule has 1 aromatic carbocycles. The second kappa shape index (κ2) is 8.09. The summed E-state index contributed by atoms with van der Waals surface area (Å²) in [5.74, 6) is -1.14. The van der Waals surface area contributed by atoms with Gasteiger partial charge in [-0.1, -0.05) is 12.1 Å². The quantitative estimate of drug-likeness (QED) is 0.564. The second-order valence-corrected chi connectivity index (χ2v) is 3.99. The first kappa shape index (κ1) is 15.9. The van der Waals surface area contributed by atoms with Crippen molar-refractivity contribution in [2.75, 3.05) is 13.2 Å². The molecule has 108 valence electrons. The molecule has 0 saturated carbocycles. The van der Waals surface area contributed by atoms with Gasteiger partial charge >= 0.3 is 11.9 Å². The van der Waals surface area contributed by atoms with Gasteiger partial charge in [-0.2, -0.15) is 0 Å². The molecule has 0 aromatic heterocycles. The van der Waals surface area contributed by atoms with Gasteiger partial charge < -0.3 is 14.3 Å². The summed E-state index contributed by atoms with van der Waals surface area (Å²) in [6.45, 7) is 3.82. The van der Waals surface area contributed by atoms with E-state index in [1.165, 1.54) is 6.07 Å². The molecule has 0 bridgehead atoms. The zero-order valence-corrected chi connectivity index (χ0v) is 11.7. The first-order chi connectivity index (χ1) is 9.65. The standard InChI is InChI=1S/C15H18O5/c1-3-19-14(17)12-9-5-7-11(8-6-10-16)13(12)15(18)20-4-2/h5,7,9-10H,3-4,6,8H2,1-2H3. The number of benzene rings is 1. The van der Waals surface area contributed by atoms with E-state index >= 15 is 0 Å². The van der Waals surface area contributed by atoms with Gasteiger partial charge in [0.05, 0.1) is 24.3 Å². The van der Waals surface area contributed by atoms with E-state index in [0.717, 1.165) is 6.29 Å². The number of hydrogen-bond acceptors (Lipinski definition) is 5. The molecule has 0 aliphatic rings. The lowest BCUT2D eigenvalue weighted by Gasteiger charge is -2.12. The van der Waals surface area contributed by atoms with Crippen LogP contribution in [0.1, 0.15) is 46.5 Å². The Hall–Kier alpha value is -2.17. The molecule has 0 atom stereocenters. The average molecular weight is 278 g/mol. The van der Waals surface area contributed by atoms with Gasteiger partial charge in [-0.15, -0.1) is 0 Å². The van der Waals surface area contributed by atoms with Crippen LogP contribution in [-0.4, -0.2) is 31.4 Å². The van der Waals surface area contributed by atoms with Crippen molar-refractivity contribution in [2.24, 2.45) is 0 Å². The topological polar surface area (TPSA) is 69.7 Å². The second-order valence-electron chi connectivity index (χ2n) is 3.99. The van der Waals surface area contributed by atoms with Crippen LogP contribution < -0.4 is 0 Å². The number of hydrogen-bond donors (Lipinski definition) is 0. The third-order valence-electron chi connectivity index (χ3n) is 2.66. The Balaban J connectivity index is 3.24. The van der Waals surface area contributed by atoms with Gasteiger partial charge in [0.1, 0.15) is 6.29 Å². The Labute approximate surface area is 117 Å². The van der Waals surface area contributed by atoms with Crippen LogP contribution in [0.5, 0.6) is 0 Å². The highest BCUT2D eigenvalue weighted by Gasteiger charge is 2.22. The Morgan fingerprint density at radius 3 is 2.35 bits per heavy atom. The van der Waals surface area contributed by atoms with E-state index in [-0.39, 0.29) is 30.8 Å². The van der Waals surface area contributed by atoms with Gasteiger partial charge in [0.25, 0.3) is 0 Å². The highest BCUT2D eigenvalue weighted by molar-refractivity contribution is 6.04. The molecular weight excluding hydrogens is 260 g/mol. The third kappa shape index (κ3) is 3.91. The van der Waals surface area contributed by atoms with Gasteiger partial charge in [0.15, 0.2) is 0 Å². The van der Waals surface area contributed by atoms with Crippen LogP contribution in [0.2, 0.25) is 0 Å². The molecule has 0 heterocycles. The molecule has 5 nitrogen and oxygen atoms in total. The zero-order chi connectivity index (χ0) is 15.0. The summed E-state index contributed by atoms with van der Waals surface area (Å²) >= 11 is 0. The maximum Gasteiger partial charge on any atom is 0.339 e. The van der Waals surface area contributed by atoms with Gasteiger partial charge in [-0.05, 0) is 31.9 Å². The molecule has 0 fully saturated rings. The normalized spacial score (nSPS) is 9.90. The first-order valence-corrected chi connectivity index (χ1v) is 6.55. The van der Waals surface area contributed by atoms with Crippen molar-refractivity contribution in [3.8, 4) is 0 Å². The Morgan fingerprint density at radius 2 is 1.75 bits per heavy atom. The molecule has 0 spiro atoms. The number of carbonyl (C=O) groups excluding carboxylic acids is 3. The molecule has 0 aliphatic carbocycles. The minimum absolute atomic E-state index is 0.175. The van der Waals surface area contributed by atoms with E-state index in [0.29, 0.717) is 12.0 Å². The molecule has 0 radical (unpaired) electrons. The van der Waals surface area contributed by atoms with E-state index < -0.39 is 11.9 Å². The summed E-state index contributed by atoms with van der Waals surface area (Å²) in [5, 5.41) is 0. The molecule has 1 aromatic rings. The van der Waals surface area contributed by atoms with Gasteiger partial charge in [-0.3, -0.25) is 0 Å². The molecule has 20 heavy (non-hydrogen) atoms. The Kier molecular flexibility index (Phi) is 6.43. The van der Waals surface area contributed by atoms with Crippen LogP contribution >= 0.6 is 0 Å². The number of esters is 2. The van der Waals surface area contributed by atoms with E-state index in [1.807, 2.05) is 0 Å². The van der Waals surface area contributed by atoms with Crippen LogP contribution in [0, 0.1) is 0 Å². The number of rotatable bonds is 7. The molecule has 0 aliphatic heterocycles. The highest BCUT2D eigenvalue weighted by Crippen LogP contribution is 2.19. The molecule has 0 unspecified atom stereocenters. The number of ether oxygens (including phenoxy) is 2. The van der Waals surface area contributed by atoms with Crippen LogP contribution in [0.3, 0.4) is 0 Å². The molecule has 5 heteroatoms. The fraction of sp³-hybridized carbons (Fsp3) is 0.400. The van der Waals surface area contributed by atoms with Crippen molar-refractivity contribution in [2.45, 2.75) is 26.7 Å². The summed E-state index contributed by atoms with van der Waals surface area (Å²) in [6.07, 6.45) is 1.43. The van der Waals surface area contributed by atoms with E-state index in [4.69, 9.17) is 9.47 Å². The van der Waals surface area contributed by atoms with Crippen LogP contribution in [-0.2, 0) is 20.7 Å². The number of aldehydes is 1. The number of carbonyl (C=O) groups is 3. The van der Waals surface area contributed by atoms with Crippen LogP contribution in [0.25, 0.3) is 0 Å². The highest BCUT2D eigenvalue weighted by atomic mass is 16.5. The van der Waals surface area contributed by atoms with Gasteiger partial charge in [0, 0.05) is 6.42 Å². The summed E-state index contributed by atoms with van der Waals surface area (Å²) < 4.78 is 9.92. The third-order valence-corrected chi connectivity index (χ3v) is 2.66. The van der Waals surface area contributed by atoms with E-state index in [9.17, 15) is 14.4 Å². The monoisotopic (exact) mass is 278 g/mol. The number of aryl methyl sites for hydroxylation is 1. The van der Waals surface area contributed by atoms with Crippen molar-refractivity contribution in [3.63, 3.8) is 0 Å². The predicted molar refractivity (Wildman–Crippen MR) is 72.7 cm³/mol. The van der Waals surface area contributed by atoms with Crippen molar-refractivity contribution in [1.29, 1.82) is 0 Å². The molecule has 1 rings (SSSR count). The fourth-order valence-electron chi connectivity index (χ4n) is 1.85. The van der Waals surface area contributed by atoms with Crippen molar-refractivity contribution >= 4 is 18.2 Å². The summed E-state index contributed by atoms with van der Waals surface area (Å²) in [4.78, 5) is 34.4. The maximum atomic E-state index is 12.0. The first-order valence-electron chi connectivity index (χ1n) is 6.55. The SMILES string of the molecule is CCOC(=O)c1cccc(CCC=O)c1C(=O)OCC. The van der Waals surface area contributed by atoms with Crippen molar-refractivity contribution in [1.82, 2.24) is 0 Å². The van der Waals surface area contributed by atoms with Gasteiger partial charge in [0.2, 0.25) is 0 Å². The van der Waals surface area contributed by atoms with Crippen LogP contribution in [0.15, 0.2) is 18.2 Å². The molecular formula is C15H18O5. The zero-order valence-electron chi connectivity index (χ0n) is 11.7. The van der Waals surface area contributed by atoms with E-state index in [2.05, 4.69) is 0 Å². The molecule has 0 amide bonds. The fourth-order valence-corrected chi connectivity index (χ4v) is 1.85. The Bertz CT molecular complexity index is 493. The van der Waals surface area contributed by atoms with Crippen molar-refractivity contribution < 1.29 is 23.9 Å². The average Bonchev–Trinajstić information content (AvgIpc) is 2.45. The maximum absolute atomic E-state index is 12.0. The van der Waals surface area contributed by atoms with Crippen LogP contribution in [0.4, 0.5) is 0 Å². The molecule has 0 saturated heterocycles. The predicted octanol–water partition coefficient (Wildman–Crippen LogP) is 2.17. The van der Waals surface area contributed by atoms with Gasteiger partial charge in [-0.25, -0.2) is 9.59 Å². The Morgan fingerprint density at radius 1 is 1.10 bits per heavy atom. The summed E-state index contributed by atoms with van der Waals surface area (Å²) in [6, 6.07) is 4.89. The minimum atomic E-state index is -0.572. The smallest absolute Gasteiger partial charge is 0.339 e. The lowest BCUT2D eigenvalue weighted by molar-refractivity contribution is -0.107.